The van der Waals surface area contributed by atoms with Crippen molar-refractivity contribution in [2.45, 2.75) is 13.3 Å². The molecule has 13 heavy (non-hydrogen) atoms. The maximum atomic E-state index is 4.85. The lowest BCUT2D eigenvalue weighted by atomic mass is 10.2. The highest BCUT2D eigenvalue weighted by Crippen LogP contribution is 1.92. The fourth-order valence-electron chi connectivity index (χ4n) is 0.974. The summed E-state index contributed by atoms with van der Waals surface area (Å²) in [5, 5.41) is 0. The van der Waals surface area contributed by atoms with E-state index in [1.807, 2.05) is 18.2 Å². The summed E-state index contributed by atoms with van der Waals surface area (Å²) in [4.78, 5) is 0. The predicted octanol–water partition coefficient (Wildman–Crippen LogP) is 2.38. The van der Waals surface area contributed by atoms with Gasteiger partial charge in [0.15, 0.2) is 0 Å². The van der Waals surface area contributed by atoms with Crippen molar-refractivity contribution in [1.82, 2.24) is 0 Å². The maximum Gasteiger partial charge on any atom is 0.146 e. The van der Waals surface area contributed by atoms with E-state index in [0.29, 0.717) is 6.79 Å². The van der Waals surface area contributed by atoms with Gasteiger partial charge in [0, 0.05) is 0 Å². The van der Waals surface area contributed by atoms with E-state index in [4.69, 9.17) is 9.47 Å². The minimum atomic E-state index is 0.500. The third-order valence-corrected chi connectivity index (χ3v) is 1.68. The van der Waals surface area contributed by atoms with Gasteiger partial charge in [0.05, 0.1) is 13.2 Å². The van der Waals surface area contributed by atoms with Gasteiger partial charge < -0.3 is 9.47 Å². The molecule has 72 valence electrons. The zero-order chi connectivity index (χ0) is 9.36. The third kappa shape index (κ3) is 5.39. The average Bonchev–Trinajstić information content (AvgIpc) is 2.22. The fraction of sp³-hybridized carbons (Fsp3) is 0.455. The van der Waals surface area contributed by atoms with E-state index in [0.717, 1.165) is 19.6 Å². The van der Waals surface area contributed by atoms with Crippen molar-refractivity contribution in [2.75, 3.05) is 20.0 Å². The van der Waals surface area contributed by atoms with E-state index >= 15 is 0 Å². The van der Waals surface area contributed by atoms with E-state index in [-0.39, 0.29) is 0 Å². The summed E-state index contributed by atoms with van der Waals surface area (Å²) < 4.78 is 9.69. The molecule has 0 unspecified atom stereocenters. The molecule has 2 heteroatoms. The molecule has 0 spiro atoms. The van der Waals surface area contributed by atoms with Gasteiger partial charge in [-0.25, -0.2) is 0 Å². The number of ether oxygens (including phenoxy) is 2. The van der Waals surface area contributed by atoms with Crippen LogP contribution in [0.15, 0.2) is 30.3 Å². The molecular weight excluding hydrogens is 164 g/mol. The molecule has 2 rings (SSSR count). The molecule has 0 radical (unpaired) electrons. The summed E-state index contributed by atoms with van der Waals surface area (Å²) in [6.45, 7) is 4.33. The van der Waals surface area contributed by atoms with Crippen LogP contribution in [-0.2, 0) is 9.47 Å². The normalized spacial score (nSPS) is 15.8. The summed E-state index contributed by atoms with van der Waals surface area (Å²) >= 11 is 0. The molecule has 0 aliphatic carbocycles. The van der Waals surface area contributed by atoms with Gasteiger partial charge in [0.2, 0.25) is 0 Å². The van der Waals surface area contributed by atoms with Crippen LogP contribution in [0, 0.1) is 6.92 Å². The second-order valence-electron chi connectivity index (χ2n) is 2.94. The minimum absolute atomic E-state index is 0.500. The molecule has 0 saturated carbocycles. The number of rotatable bonds is 0. The van der Waals surface area contributed by atoms with Crippen LogP contribution in [-0.4, -0.2) is 20.0 Å². The van der Waals surface area contributed by atoms with Crippen molar-refractivity contribution in [3.8, 4) is 0 Å². The molecule has 0 bridgehead atoms. The molecule has 0 amide bonds. The van der Waals surface area contributed by atoms with E-state index in [1.165, 1.54) is 5.56 Å². The lowest BCUT2D eigenvalue weighted by Crippen LogP contribution is -2.11. The van der Waals surface area contributed by atoms with Crippen molar-refractivity contribution < 1.29 is 9.47 Å². The molecule has 1 aromatic rings. The number of benzene rings is 1. The van der Waals surface area contributed by atoms with E-state index in [2.05, 4.69) is 19.1 Å². The first kappa shape index (κ1) is 10.2. The first-order chi connectivity index (χ1) is 6.39. The molecule has 2 nitrogen and oxygen atoms in total. The Balaban J connectivity index is 0.000000132. The van der Waals surface area contributed by atoms with Crippen molar-refractivity contribution in [3.63, 3.8) is 0 Å². The second kappa shape index (κ2) is 6.63. The molecular formula is C11H16O2. The molecule has 1 aliphatic heterocycles. The van der Waals surface area contributed by atoms with Crippen LogP contribution >= 0.6 is 0 Å². The SMILES string of the molecule is C1COCOC1.Cc1ccccc1. The zero-order valence-electron chi connectivity index (χ0n) is 8.03. The number of aryl methyl sites for hydroxylation is 1. The molecule has 1 heterocycles. The molecule has 1 aliphatic rings. The van der Waals surface area contributed by atoms with Crippen LogP contribution in [0.25, 0.3) is 0 Å². The fourth-order valence-corrected chi connectivity index (χ4v) is 0.974. The van der Waals surface area contributed by atoms with Gasteiger partial charge in [-0.05, 0) is 13.3 Å². The molecule has 1 saturated heterocycles. The molecule has 0 N–H and O–H groups in total. The number of hydrogen-bond donors (Lipinski definition) is 0. The van der Waals surface area contributed by atoms with Crippen LogP contribution in [0.4, 0.5) is 0 Å². The van der Waals surface area contributed by atoms with Crippen LogP contribution < -0.4 is 0 Å². The Morgan fingerprint density at radius 1 is 1.00 bits per heavy atom. The van der Waals surface area contributed by atoms with Gasteiger partial charge in [0.1, 0.15) is 6.79 Å². The highest BCUT2D eigenvalue weighted by Gasteiger charge is 1.94. The minimum Gasteiger partial charge on any atom is -0.355 e. The monoisotopic (exact) mass is 180 g/mol. The van der Waals surface area contributed by atoms with Crippen LogP contribution in [0.3, 0.4) is 0 Å². The van der Waals surface area contributed by atoms with E-state index in [9.17, 15) is 0 Å². The van der Waals surface area contributed by atoms with Crippen molar-refractivity contribution in [2.24, 2.45) is 0 Å². The summed E-state index contributed by atoms with van der Waals surface area (Å²) in [7, 11) is 0. The summed E-state index contributed by atoms with van der Waals surface area (Å²) in [6, 6.07) is 10.3. The molecule has 0 atom stereocenters. The Kier molecular flexibility index (Phi) is 5.22. The van der Waals surface area contributed by atoms with Gasteiger partial charge >= 0.3 is 0 Å². The first-order valence-electron chi connectivity index (χ1n) is 4.57. The van der Waals surface area contributed by atoms with Gasteiger partial charge in [-0.3, -0.25) is 0 Å². The Morgan fingerprint density at radius 3 is 1.85 bits per heavy atom. The first-order valence-corrected chi connectivity index (χ1v) is 4.57. The average molecular weight is 180 g/mol. The third-order valence-electron chi connectivity index (χ3n) is 1.68. The lowest BCUT2D eigenvalue weighted by Gasteiger charge is -2.09. The topological polar surface area (TPSA) is 18.5 Å². The predicted molar refractivity (Wildman–Crippen MR) is 52.6 cm³/mol. The zero-order valence-corrected chi connectivity index (χ0v) is 8.03. The van der Waals surface area contributed by atoms with Crippen LogP contribution in [0.2, 0.25) is 0 Å². The number of hydrogen-bond acceptors (Lipinski definition) is 2. The molecule has 1 aromatic carbocycles. The molecule has 0 aromatic heterocycles. The van der Waals surface area contributed by atoms with Gasteiger partial charge in [-0.2, -0.15) is 0 Å². The van der Waals surface area contributed by atoms with Gasteiger partial charge in [0.25, 0.3) is 0 Å². The van der Waals surface area contributed by atoms with Gasteiger partial charge in [-0.1, -0.05) is 35.9 Å². The molecule has 1 fully saturated rings. The Bertz CT molecular complexity index is 193. The Hall–Kier alpha value is -0.860. The Morgan fingerprint density at radius 2 is 1.62 bits per heavy atom. The van der Waals surface area contributed by atoms with Crippen molar-refractivity contribution in [3.05, 3.63) is 35.9 Å². The standard InChI is InChI=1S/C7H8.C4H8O2/c1-7-5-3-2-4-6-7;1-2-5-4-6-3-1/h2-6H,1H3;1-4H2. The van der Waals surface area contributed by atoms with E-state index in [1.54, 1.807) is 0 Å². The highest BCUT2D eigenvalue weighted by atomic mass is 16.7. The second-order valence-corrected chi connectivity index (χ2v) is 2.94. The highest BCUT2D eigenvalue weighted by molar-refractivity contribution is 5.11. The lowest BCUT2D eigenvalue weighted by molar-refractivity contribution is -0.0963. The summed E-state index contributed by atoms with van der Waals surface area (Å²) in [6.07, 6.45) is 1.06. The summed E-state index contributed by atoms with van der Waals surface area (Å²) in [5.41, 5.74) is 1.32. The van der Waals surface area contributed by atoms with E-state index < -0.39 is 0 Å². The Labute approximate surface area is 79.5 Å². The smallest absolute Gasteiger partial charge is 0.146 e. The van der Waals surface area contributed by atoms with Crippen molar-refractivity contribution in [1.29, 1.82) is 0 Å². The van der Waals surface area contributed by atoms with Crippen LogP contribution in [0.5, 0.6) is 0 Å². The maximum absolute atomic E-state index is 4.85. The van der Waals surface area contributed by atoms with Crippen molar-refractivity contribution >= 4 is 0 Å². The van der Waals surface area contributed by atoms with Crippen LogP contribution in [0.1, 0.15) is 12.0 Å². The quantitative estimate of drug-likeness (QED) is 0.610. The largest absolute Gasteiger partial charge is 0.355 e. The van der Waals surface area contributed by atoms with Gasteiger partial charge in [-0.15, -0.1) is 0 Å². The summed E-state index contributed by atoms with van der Waals surface area (Å²) in [5.74, 6) is 0.